The Balaban J connectivity index is 2.02. The van der Waals surface area contributed by atoms with Gasteiger partial charge in [-0.2, -0.15) is 0 Å². The van der Waals surface area contributed by atoms with Gasteiger partial charge < -0.3 is 0 Å². The second-order valence-electron chi connectivity index (χ2n) is 3.73. The quantitative estimate of drug-likeness (QED) is 0.790. The third kappa shape index (κ3) is 3.99. The van der Waals surface area contributed by atoms with Gasteiger partial charge in [-0.3, -0.25) is 0 Å². The van der Waals surface area contributed by atoms with Crippen molar-refractivity contribution < 1.29 is 9.15 Å². The molecule has 0 radical (unpaired) electrons. The molecule has 0 atom stereocenters. The molecular formula is C14H11NO3Se. The van der Waals surface area contributed by atoms with E-state index in [-0.39, 0.29) is 26.1 Å². The van der Waals surface area contributed by atoms with Gasteiger partial charge in [0.15, 0.2) is 0 Å². The summed E-state index contributed by atoms with van der Waals surface area (Å²) in [6.07, 6.45) is 1.31. The van der Waals surface area contributed by atoms with Crippen LogP contribution in [-0.2, 0) is 11.9 Å². The van der Waals surface area contributed by atoms with E-state index in [0.29, 0.717) is 17.7 Å². The van der Waals surface area contributed by atoms with Crippen LogP contribution < -0.4 is 10.2 Å². The van der Waals surface area contributed by atoms with Crippen molar-refractivity contribution in [3.05, 3.63) is 64.2 Å². The zero-order valence-corrected chi connectivity index (χ0v) is 11.7. The summed E-state index contributed by atoms with van der Waals surface area (Å²) in [4.78, 5) is 13.8. The number of nitriles is 1. The normalized spacial score (nSPS) is 9.84. The molecule has 0 fully saturated rings. The molecule has 0 saturated carbocycles. The van der Waals surface area contributed by atoms with Crippen LogP contribution in [0.1, 0.15) is 11.3 Å². The Kier molecular flexibility index (Phi) is 4.79. The van der Waals surface area contributed by atoms with Crippen LogP contribution in [0.4, 0.5) is 0 Å². The van der Waals surface area contributed by atoms with E-state index in [9.17, 15) is 4.79 Å². The van der Waals surface area contributed by atoms with Gasteiger partial charge in [0.2, 0.25) is 0 Å². The van der Waals surface area contributed by atoms with Crippen LogP contribution in [0.2, 0.25) is 0 Å². The van der Waals surface area contributed by atoms with E-state index in [1.165, 1.54) is 12.3 Å². The predicted molar refractivity (Wildman–Crippen MR) is 70.8 cm³/mol. The Bertz CT molecular complexity index is 631. The predicted octanol–water partition coefficient (Wildman–Crippen LogP) is 1.90. The van der Waals surface area contributed by atoms with Crippen molar-refractivity contribution in [3.63, 3.8) is 0 Å². The van der Waals surface area contributed by atoms with E-state index in [1.807, 2.05) is 30.3 Å². The molecule has 0 aliphatic carbocycles. The topological polar surface area (TPSA) is 63.2 Å². The molecule has 5 heteroatoms. The number of benzene rings is 1. The SMILES string of the molecule is N#C[Se]Cc1cc(=O)c(OCc2ccccc2)co1. The summed E-state index contributed by atoms with van der Waals surface area (Å²) in [7, 11) is 0. The van der Waals surface area contributed by atoms with E-state index < -0.39 is 0 Å². The monoisotopic (exact) mass is 321 g/mol. The van der Waals surface area contributed by atoms with Crippen molar-refractivity contribution in [3.8, 4) is 10.7 Å². The van der Waals surface area contributed by atoms with Gasteiger partial charge in [0.1, 0.15) is 0 Å². The van der Waals surface area contributed by atoms with Gasteiger partial charge in [0.05, 0.1) is 0 Å². The van der Waals surface area contributed by atoms with Crippen LogP contribution in [0.3, 0.4) is 0 Å². The first-order valence-electron chi connectivity index (χ1n) is 5.59. The molecule has 0 unspecified atom stereocenters. The van der Waals surface area contributed by atoms with Crippen molar-refractivity contribution in [2.24, 2.45) is 0 Å². The number of nitrogens with zero attached hydrogens (tertiary/aromatic N) is 1. The second kappa shape index (κ2) is 6.79. The molecule has 96 valence electrons. The molecule has 0 bridgehead atoms. The number of rotatable bonds is 5. The van der Waals surface area contributed by atoms with E-state index in [2.05, 4.69) is 4.97 Å². The van der Waals surface area contributed by atoms with E-state index in [1.54, 1.807) is 0 Å². The maximum absolute atomic E-state index is 11.8. The molecule has 1 aromatic heterocycles. The summed E-state index contributed by atoms with van der Waals surface area (Å²) >= 11 is -0.192. The van der Waals surface area contributed by atoms with Crippen LogP contribution in [0, 0.1) is 10.2 Å². The number of hydrogen-bond acceptors (Lipinski definition) is 4. The number of hydrogen-bond donors (Lipinski definition) is 0. The second-order valence-corrected chi connectivity index (χ2v) is 5.32. The summed E-state index contributed by atoms with van der Waals surface area (Å²) in [6, 6.07) is 11.0. The first kappa shape index (κ1) is 13.4. The molecule has 0 aliphatic heterocycles. The minimum absolute atomic E-state index is 0.192. The first-order chi connectivity index (χ1) is 9.29. The Morgan fingerprint density at radius 3 is 2.79 bits per heavy atom. The molecule has 2 rings (SSSR count). The molecule has 0 spiro atoms. The van der Waals surface area contributed by atoms with E-state index in [4.69, 9.17) is 14.4 Å². The molecule has 19 heavy (non-hydrogen) atoms. The fourth-order valence-electron chi connectivity index (χ4n) is 1.46. The zero-order valence-electron chi connectivity index (χ0n) is 10.0. The van der Waals surface area contributed by atoms with Gasteiger partial charge in [-0.25, -0.2) is 0 Å². The average molecular weight is 320 g/mol. The molecule has 4 nitrogen and oxygen atoms in total. The van der Waals surface area contributed by atoms with Crippen molar-refractivity contribution in [2.45, 2.75) is 11.9 Å². The molecule has 0 amide bonds. The van der Waals surface area contributed by atoms with Crippen LogP contribution in [0.15, 0.2) is 51.9 Å². The molecule has 1 heterocycles. The van der Waals surface area contributed by atoms with Gasteiger partial charge in [-0.1, -0.05) is 0 Å². The third-order valence-electron chi connectivity index (χ3n) is 2.37. The average Bonchev–Trinajstić information content (AvgIpc) is 2.45. The van der Waals surface area contributed by atoms with Crippen molar-refractivity contribution in [1.29, 1.82) is 5.26 Å². The van der Waals surface area contributed by atoms with Gasteiger partial charge in [-0.15, -0.1) is 0 Å². The first-order valence-corrected chi connectivity index (χ1v) is 7.65. The Morgan fingerprint density at radius 1 is 1.32 bits per heavy atom. The molecule has 0 N–H and O–H groups in total. The molecular weight excluding hydrogens is 309 g/mol. The molecule has 0 aliphatic rings. The van der Waals surface area contributed by atoms with Crippen LogP contribution in [-0.4, -0.2) is 15.0 Å². The minimum atomic E-state index is -0.217. The fourth-order valence-corrected chi connectivity index (χ4v) is 2.21. The Morgan fingerprint density at radius 2 is 2.11 bits per heavy atom. The summed E-state index contributed by atoms with van der Waals surface area (Å²) in [5.41, 5.74) is 0.768. The molecule has 0 saturated heterocycles. The van der Waals surface area contributed by atoms with Crippen LogP contribution in [0.25, 0.3) is 0 Å². The van der Waals surface area contributed by atoms with Crippen molar-refractivity contribution in [1.82, 2.24) is 0 Å². The van der Waals surface area contributed by atoms with E-state index >= 15 is 0 Å². The third-order valence-corrected chi connectivity index (χ3v) is 3.54. The standard InChI is InChI=1S/C14H11NO3Se/c15-10-19-9-12-6-13(16)14(8-17-12)18-7-11-4-2-1-3-5-11/h1-6,8H,7,9H2. The van der Waals surface area contributed by atoms with Gasteiger partial charge >= 0.3 is 116 Å². The Labute approximate surface area is 116 Å². The van der Waals surface area contributed by atoms with Crippen LogP contribution >= 0.6 is 0 Å². The van der Waals surface area contributed by atoms with Crippen LogP contribution in [0.5, 0.6) is 5.75 Å². The van der Waals surface area contributed by atoms with Gasteiger partial charge in [0.25, 0.3) is 0 Å². The summed E-state index contributed by atoms with van der Waals surface area (Å²) in [6.45, 7) is 0.326. The van der Waals surface area contributed by atoms with E-state index in [0.717, 1.165) is 5.56 Å². The molecule has 1 aromatic carbocycles. The maximum atomic E-state index is 11.8. The van der Waals surface area contributed by atoms with Crippen molar-refractivity contribution in [2.75, 3.05) is 0 Å². The van der Waals surface area contributed by atoms with Gasteiger partial charge in [0, 0.05) is 0 Å². The zero-order chi connectivity index (χ0) is 13.5. The number of ether oxygens (including phenoxy) is 1. The van der Waals surface area contributed by atoms with Crippen molar-refractivity contribution >= 4 is 15.0 Å². The summed E-state index contributed by atoms with van der Waals surface area (Å²) in [5, 5.41) is 8.99. The van der Waals surface area contributed by atoms with Gasteiger partial charge in [-0.05, 0) is 0 Å². The Hall–Kier alpha value is -2.02. The summed E-state index contributed by atoms with van der Waals surface area (Å²) < 4.78 is 10.7. The summed E-state index contributed by atoms with van der Waals surface area (Å²) in [5.74, 6) is 0.718. The molecule has 2 aromatic rings. The fraction of sp³-hybridized carbons (Fsp3) is 0.143.